The molecule has 3 aromatic rings. The quantitative estimate of drug-likeness (QED) is 0.555. The third kappa shape index (κ3) is 4.97. The molecular formula is C22H18F4N4O3. The zero-order valence-corrected chi connectivity index (χ0v) is 17.3. The highest BCUT2D eigenvalue weighted by Crippen LogP contribution is 2.35. The van der Waals surface area contributed by atoms with Crippen LogP contribution in [0.15, 0.2) is 55.0 Å². The molecule has 0 aliphatic carbocycles. The first kappa shape index (κ1) is 22.3. The normalized spacial score (nSPS) is 13.9. The van der Waals surface area contributed by atoms with Gasteiger partial charge in [0.15, 0.2) is 0 Å². The van der Waals surface area contributed by atoms with Gasteiger partial charge in [0.1, 0.15) is 23.2 Å². The maximum Gasteiger partial charge on any atom is 0.416 e. The molecule has 3 heterocycles. The molecule has 2 aromatic heterocycles. The number of alkyl halides is 3. The number of amides is 1. The van der Waals surface area contributed by atoms with Gasteiger partial charge in [0.05, 0.1) is 43.3 Å². The predicted octanol–water partition coefficient (Wildman–Crippen LogP) is 4.16. The Kier molecular flexibility index (Phi) is 6.03. The summed E-state index contributed by atoms with van der Waals surface area (Å²) in [7, 11) is 1.39. The average molecular weight is 462 g/mol. The lowest BCUT2D eigenvalue weighted by Crippen LogP contribution is -2.54. The molecule has 1 aliphatic rings. The van der Waals surface area contributed by atoms with E-state index in [9.17, 15) is 22.4 Å². The van der Waals surface area contributed by atoms with Crippen molar-refractivity contribution in [3.63, 3.8) is 0 Å². The molecular weight excluding hydrogens is 444 g/mol. The van der Waals surface area contributed by atoms with Gasteiger partial charge in [-0.1, -0.05) is 0 Å². The van der Waals surface area contributed by atoms with Crippen molar-refractivity contribution in [2.75, 3.05) is 30.4 Å². The number of nitrogens with one attached hydrogen (secondary N) is 1. The lowest BCUT2D eigenvalue weighted by atomic mass is 10.1. The zero-order valence-electron chi connectivity index (χ0n) is 17.3. The molecule has 1 aliphatic heterocycles. The monoisotopic (exact) mass is 462 g/mol. The van der Waals surface area contributed by atoms with Crippen LogP contribution in [0, 0.1) is 5.82 Å². The number of carbonyl (C=O) groups is 1. The maximum atomic E-state index is 13.6. The van der Waals surface area contributed by atoms with E-state index in [1.54, 1.807) is 29.3 Å². The van der Waals surface area contributed by atoms with Gasteiger partial charge in [0.2, 0.25) is 5.88 Å². The van der Waals surface area contributed by atoms with Crippen LogP contribution in [0.25, 0.3) is 0 Å². The van der Waals surface area contributed by atoms with E-state index in [1.165, 1.54) is 19.5 Å². The Labute approximate surface area is 186 Å². The third-order valence-corrected chi connectivity index (χ3v) is 4.92. The van der Waals surface area contributed by atoms with Gasteiger partial charge in [-0.3, -0.25) is 9.78 Å². The summed E-state index contributed by atoms with van der Waals surface area (Å²) in [6.07, 6.45) is -0.646. The number of methoxy groups -OCH3 is 1. The smallest absolute Gasteiger partial charge is 0.416 e. The van der Waals surface area contributed by atoms with Crippen molar-refractivity contribution in [1.29, 1.82) is 0 Å². The van der Waals surface area contributed by atoms with Crippen LogP contribution >= 0.6 is 0 Å². The van der Waals surface area contributed by atoms with Crippen molar-refractivity contribution in [3.05, 3.63) is 71.9 Å². The molecule has 7 nitrogen and oxygen atoms in total. The minimum atomic E-state index is -4.68. The van der Waals surface area contributed by atoms with Crippen LogP contribution in [0.5, 0.6) is 11.6 Å². The highest BCUT2D eigenvalue weighted by atomic mass is 19.4. The summed E-state index contributed by atoms with van der Waals surface area (Å²) in [6.45, 7) is 0.524. The van der Waals surface area contributed by atoms with Gasteiger partial charge >= 0.3 is 6.18 Å². The fourth-order valence-electron chi connectivity index (χ4n) is 3.39. The van der Waals surface area contributed by atoms with Gasteiger partial charge in [-0.2, -0.15) is 13.2 Å². The largest absolute Gasteiger partial charge is 0.487 e. The highest BCUT2D eigenvalue weighted by molar-refractivity contribution is 6.09. The molecule has 1 N–H and O–H groups in total. The summed E-state index contributed by atoms with van der Waals surface area (Å²) >= 11 is 0. The van der Waals surface area contributed by atoms with Crippen LogP contribution < -0.4 is 19.7 Å². The predicted molar refractivity (Wildman–Crippen MR) is 111 cm³/mol. The van der Waals surface area contributed by atoms with Gasteiger partial charge in [0.25, 0.3) is 5.91 Å². The highest BCUT2D eigenvalue weighted by Gasteiger charge is 2.35. The Balaban J connectivity index is 1.50. The Morgan fingerprint density at radius 1 is 1.18 bits per heavy atom. The summed E-state index contributed by atoms with van der Waals surface area (Å²) < 4.78 is 63.2. The number of nitrogens with zero attached hydrogens (tertiary/aromatic N) is 3. The Bertz CT molecular complexity index is 1150. The minimum Gasteiger partial charge on any atom is -0.487 e. The molecule has 1 aromatic carbocycles. The van der Waals surface area contributed by atoms with E-state index in [-0.39, 0.29) is 30.3 Å². The van der Waals surface area contributed by atoms with Crippen molar-refractivity contribution < 1.29 is 31.8 Å². The van der Waals surface area contributed by atoms with Gasteiger partial charge in [-0.05, 0) is 30.3 Å². The van der Waals surface area contributed by atoms with Crippen LogP contribution in [0.1, 0.15) is 15.9 Å². The number of anilines is 2. The Hall–Kier alpha value is -3.89. The molecule has 0 unspecified atom stereocenters. The summed E-state index contributed by atoms with van der Waals surface area (Å²) in [5.74, 6) is -1.61. The lowest BCUT2D eigenvalue weighted by Gasteiger charge is -2.41. The van der Waals surface area contributed by atoms with Crippen LogP contribution in [0.4, 0.5) is 28.9 Å². The second kappa shape index (κ2) is 8.93. The molecule has 4 rings (SSSR count). The van der Waals surface area contributed by atoms with Gasteiger partial charge in [-0.15, -0.1) is 0 Å². The van der Waals surface area contributed by atoms with Gasteiger partial charge < -0.3 is 19.7 Å². The van der Waals surface area contributed by atoms with Gasteiger partial charge in [0, 0.05) is 18.5 Å². The number of hydrogen-bond acceptors (Lipinski definition) is 6. The van der Waals surface area contributed by atoms with Crippen molar-refractivity contribution in [3.8, 4) is 11.6 Å². The van der Waals surface area contributed by atoms with Crippen LogP contribution in [0.3, 0.4) is 0 Å². The number of benzene rings is 1. The first-order chi connectivity index (χ1) is 15.7. The number of aromatic nitrogens is 2. The first-order valence-corrected chi connectivity index (χ1v) is 9.78. The Morgan fingerprint density at radius 2 is 1.97 bits per heavy atom. The number of ether oxygens (including phenoxy) is 2. The van der Waals surface area contributed by atoms with Crippen molar-refractivity contribution in [1.82, 2.24) is 9.97 Å². The van der Waals surface area contributed by atoms with Crippen LogP contribution in [-0.4, -0.2) is 42.2 Å². The lowest BCUT2D eigenvalue weighted by molar-refractivity contribution is -0.137. The summed E-state index contributed by atoms with van der Waals surface area (Å²) in [4.78, 5) is 22.8. The van der Waals surface area contributed by atoms with E-state index >= 15 is 0 Å². The van der Waals surface area contributed by atoms with Crippen molar-refractivity contribution in [2.45, 2.75) is 12.3 Å². The maximum absolute atomic E-state index is 13.6. The topological polar surface area (TPSA) is 76.6 Å². The van der Waals surface area contributed by atoms with Crippen molar-refractivity contribution >= 4 is 17.3 Å². The minimum absolute atomic E-state index is 0.109. The molecule has 1 saturated heterocycles. The number of hydrogen-bond donors (Lipinski definition) is 1. The SMILES string of the molecule is COc1nccc(N2CC(Oc3cc(F)cc(C(F)(F)F)c3)C2)c1C(=O)Nc1cccnc1. The standard InChI is InChI=1S/C22H18F4N4O3/c1-32-21-19(20(31)29-15-3-2-5-27-10-15)18(4-6-28-21)30-11-17(12-30)33-16-8-13(22(24,25)26)7-14(23)9-16/h2-10,17H,11-12H2,1H3,(H,29,31). The van der Waals surface area contributed by atoms with Crippen LogP contribution in [0.2, 0.25) is 0 Å². The summed E-state index contributed by atoms with van der Waals surface area (Å²) in [6, 6.07) is 7.05. The van der Waals surface area contributed by atoms with E-state index in [0.29, 0.717) is 17.4 Å². The number of halogens is 4. The fourth-order valence-corrected chi connectivity index (χ4v) is 3.39. The zero-order chi connectivity index (χ0) is 23.6. The van der Waals surface area contributed by atoms with Gasteiger partial charge in [-0.25, -0.2) is 9.37 Å². The third-order valence-electron chi connectivity index (χ3n) is 4.92. The molecule has 1 fully saturated rings. The summed E-state index contributed by atoms with van der Waals surface area (Å²) in [5, 5.41) is 2.73. The second-order valence-electron chi connectivity index (χ2n) is 7.23. The molecule has 0 saturated carbocycles. The first-order valence-electron chi connectivity index (χ1n) is 9.78. The molecule has 1 amide bonds. The average Bonchev–Trinajstić information content (AvgIpc) is 2.75. The second-order valence-corrected chi connectivity index (χ2v) is 7.23. The number of carbonyl (C=O) groups excluding carboxylic acids is 1. The van der Waals surface area contributed by atoms with Crippen molar-refractivity contribution in [2.24, 2.45) is 0 Å². The molecule has 172 valence electrons. The molecule has 33 heavy (non-hydrogen) atoms. The molecule has 0 spiro atoms. The molecule has 11 heteroatoms. The molecule has 0 bridgehead atoms. The molecule has 0 atom stereocenters. The fraction of sp³-hybridized carbons (Fsp3) is 0.227. The van der Waals surface area contributed by atoms with Crippen LogP contribution in [-0.2, 0) is 6.18 Å². The van der Waals surface area contributed by atoms with E-state index in [1.807, 2.05) is 0 Å². The number of rotatable bonds is 6. The Morgan fingerprint density at radius 3 is 2.64 bits per heavy atom. The van der Waals surface area contributed by atoms with E-state index in [4.69, 9.17) is 9.47 Å². The number of pyridine rings is 2. The van der Waals surface area contributed by atoms with E-state index < -0.39 is 29.6 Å². The summed E-state index contributed by atoms with van der Waals surface area (Å²) in [5.41, 5.74) is 0.0587. The van der Waals surface area contributed by atoms with E-state index in [0.717, 1.165) is 12.1 Å². The molecule has 0 radical (unpaired) electrons. The van der Waals surface area contributed by atoms with E-state index in [2.05, 4.69) is 15.3 Å².